The quantitative estimate of drug-likeness (QED) is 0.725. The lowest BCUT2D eigenvalue weighted by atomic mass is 10.2. The molecule has 2 amide bonds. The molecular formula is C22H30N6O2. The molecule has 0 unspecified atom stereocenters. The molecule has 1 aliphatic heterocycles. The van der Waals surface area contributed by atoms with Crippen LogP contribution >= 0.6 is 0 Å². The van der Waals surface area contributed by atoms with E-state index in [9.17, 15) is 9.59 Å². The second-order valence-corrected chi connectivity index (χ2v) is 7.42. The topological polar surface area (TPSA) is 90.5 Å². The zero-order chi connectivity index (χ0) is 21.0. The maximum absolute atomic E-state index is 12.0. The van der Waals surface area contributed by atoms with Gasteiger partial charge in [0.05, 0.1) is 11.4 Å². The number of nitrogens with one attached hydrogen (secondary N) is 2. The Morgan fingerprint density at radius 3 is 1.67 bits per heavy atom. The molecule has 0 aromatic carbocycles. The summed E-state index contributed by atoms with van der Waals surface area (Å²) >= 11 is 0. The van der Waals surface area contributed by atoms with Crippen molar-refractivity contribution in [1.29, 1.82) is 0 Å². The minimum Gasteiger partial charge on any atom is -0.354 e. The molecule has 1 saturated heterocycles. The maximum Gasteiger partial charge on any atom is 0.229 e. The molecule has 3 rings (SSSR count). The summed E-state index contributed by atoms with van der Waals surface area (Å²) in [5, 5.41) is 5.69. The Morgan fingerprint density at radius 2 is 1.23 bits per heavy atom. The molecule has 0 atom stereocenters. The van der Waals surface area contributed by atoms with E-state index in [2.05, 4.69) is 30.4 Å². The van der Waals surface area contributed by atoms with E-state index in [1.807, 2.05) is 36.4 Å². The first-order chi connectivity index (χ1) is 14.7. The predicted molar refractivity (Wildman–Crippen MR) is 114 cm³/mol. The third kappa shape index (κ3) is 7.88. The summed E-state index contributed by atoms with van der Waals surface area (Å²) < 4.78 is 0. The van der Waals surface area contributed by atoms with Crippen LogP contribution in [0.5, 0.6) is 0 Å². The Balaban J connectivity index is 1.63. The largest absolute Gasteiger partial charge is 0.354 e. The molecule has 1 aliphatic rings. The van der Waals surface area contributed by atoms with E-state index in [0.717, 1.165) is 44.0 Å². The first-order valence-corrected chi connectivity index (χ1v) is 10.5. The number of carbonyl (C=O) groups excluding carboxylic acids is 2. The van der Waals surface area contributed by atoms with Gasteiger partial charge in [0.1, 0.15) is 6.42 Å². The molecule has 0 saturated carbocycles. The van der Waals surface area contributed by atoms with Crippen molar-refractivity contribution < 1.29 is 9.59 Å². The van der Waals surface area contributed by atoms with Crippen LogP contribution in [0.3, 0.4) is 0 Å². The van der Waals surface area contributed by atoms with Gasteiger partial charge in [-0.1, -0.05) is 12.1 Å². The molecule has 8 heteroatoms. The first kappa shape index (κ1) is 21.9. The molecule has 0 bridgehead atoms. The predicted octanol–water partition coefficient (Wildman–Crippen LogP) is 0.807. The van der Waals surface area contributed by atoms with Gasteiger partial charge in [-0.25, -0.2) is 0 Å². The minimum atomic E-state index is -0.243. The van der Waals surface area contributed by atoms with Crippen molar-refractivity contribution in [3.05, 3.63) is 60.2 Å². The lowest BCUT2D eigenvalue weighted by molar-refractivity contribution is -0.129. The van der Waals surface area contributed by atoms with Crippen molar-refractivity contribution in [3.8, 4) is 0 Å². The SMILES string of the molecule is O=C1CC(=O)NCCN(Cc2ccccn2)CCCN(Cc2ccccn2)CCN1. The first-order valence-electron chi connectivity index (χ1n) is 10.5. The maximum atomic E-state index is 12.0. The van der Waals surface area contributed by atoms with Crippen LogP contribution in [0.4, 0.5) is 0 Å². The number of carbonyl (C=O) groups is 2. The number of rotatable bonds is 4. The van der Waals surface area contributed by atoms with Crippen LogP contribution in [-0.4, -0.2) is 70.9 Å². The van der Waals surface area contributed by atoms with Crippen LogP contribution in [0, 0.1) is 0 Å². The van der Waals surface area contributed by atoms with E-state index in [1.165, 1.54) is 0 Å². The van der Waals surface area contributed by atoms with Gasteiger partial charge >= 0.3 is 0 Å². The lowest BCUT2D eigenvalue weighted by Crippen LogP contribution is -2.41. The Kier molecular flexibility index (Phi) is 8.74. The van der Waals surface area contributed by atoms with Crippen LogP contribution < -0.4 is 10.6 Å². The Morgan fingerprint density at radius 1 is 0.733 bits per heavy atom. The van der Waals surface area contributed by atoms with Crippen LogP contribution in [0.15, 0.2) is 48.8 Å². The highest BCUT2D eigenvalue weighted by Gasteiger charge is 2.14. The van der Waals surface area contributed by atoms with Crippen molar-refractivity contribution in [2.24, 2.45) is 0 Å². The van der Waals surface area contributed by atoms with Gasteiger partial charge in [-0.2, -0.15) is 0 Å². The Labute approximate surface area is 177 Å². The fourth-order valence-electron chi connectivity index (χ4n) is 3.48. The fraction of sp³-hybridized carbons (Fsp3) is 0.455. The average molecular weight is 411 g/mol. The molecule has 2 aromatic rings. The summed E-state index contributed by atoms with van der Waals surface area (Å²) in [6.07, 6.45) is 4.44. The molecule has 0 aliphatic carbocycles. The van der Waals surface area contributed by atoms with E-state index in [-0.39, 0.29) is 18.2 Å². The summed E-state index contributed by atoms with van der Waals surface area (Å²) in [7, 11) is 0. The van der Waals surface area contributed by atoms with Gasteiger partial charge in [-0.15, -0.1) is 0 Å². The number of amides is 2. The third-order valence-electron chi connectivity index (χ3n) is 4.99. The molecule has 0 radical (unpaired) electrons. The number of hydrogen-bond acceptors (Lipinski definition) is 6. The summed E-state index contributed by atoms with van der Waals surface area (Å²) in [6.45, 7) is 5.71. The molecule has 2 N–H and O–H groups in total. The van der Waals surface area contributed by atoms with Crippen molar-refractivity contribution in [3.63, 3.8) is 0 Å². The van der Waals surface area contributed by atoms with E-state index < -0.39 is 0 Å². The van der Waals surface area contributed by atoms with E-state index in [4.69, 9.17) is 0 Å². The van der Waals surface area contributed by atoms with Crippen LogP contribution in [0.1, 0.15) is 24.2 Å². The monoisotopic (exact) mass is 410 g/mol. The van der Waals surface area contributed by atoms with Crippen LogP contribution in [0.2, 0.25) is 0 Å². The summed E-state index contributed by atoms with van der Waals surface area (Å²) in [5.74, 6) is -0.486. The van der Waals surface area contributed by atoms with Crippen molar-refractivity contribution in [2.75, 3.05) is 39.3 Å². The summed E-state index contributed by atoms with van der Waals surface area (Å²) in [5.41, 5.74) is 2.02. The zero-order valence-electron chi connectivity index (χ0n) is 17.3. The van der Waals surface area contributed by atoms with Gasteiger partial charge in [0.15, 0.2) is 0 Å². The molecule has 3 heterocycles. The van der Waals surface area contributed by atoms with E-state index in [0.29, 0.717) is 26.2 Å². The van der Waals surface area contributed by atoms with Gasteiger partial charge in [0.25, 0.3) is 0 Å². The van der Waals surface area contributed by atoms with E-state index >= 15 is 0 Å². The van der Waals surface area contributed by atoms with E-state index in [1.54, 1.807) is 12.4 Å². The van der Waals surface area contributed by atoms with Gasteiger partial charge in [-0.05, 0) is 43.8 Å². The molecule has 160 valence electrons. The summed E-state index contributed by atoms with van der Waals surface area (Å²) in [6, 6.07) is 11.8. The van der Waals surface area contributed by atoms with Gasteiger partial charge in [0, 0.05) is 51.7 Å². The molecule has 0 spiro atoms. The van der Waals surface area contributed by atoms with Crippen molar-refractivity contribution >= 4 is 11.8 Å². The highest BCUT2D eigenvalue weighted by atomic mass is 16.2. The standard InChI is InChI=1S/C22H30N6O2/c29-21-16-22(30)26-11-15-28(18-20-7-2-4-9-24-20)13-5-12-27(14-10-25-21)17-19-6-1-3-8-23-19/h1-4,6-9H,5,10-18H2,(H,25,29)(H,26,30). The summed E-state index contributed by atoms with van der Waals surface area (Å²) in [4.78, 5) is 37.5. The molecule has 30 heavy (non-hydrogen) atoms. The molecule has 2 aromatic heterocycles. The number of pyridine rings is 2. The van der Waals surface area contributed by atoms with Gasteiger partial charge in [-0.3, -0.25) is 29.4 Å². The average Bonchev–Trinajstić information content (AvgIpc) is 2.74. The molecular weight excluding hydrogens is 380 g/mol. The normalized spacial score (nSPS) is 18.3. The zero-order valence-corrected chi connectivity index (χ0v) is 17.3. The number of aromatic nitrogens is 2. The highest BCUT2D eigenvalue weighted by Crippen LogP contribution is 2.06. The second kappa shape index (κ2) is 12.0. The number of nitrogens with zero attached hydrogens (tertiary/aromatic N) is 4. The minimum absolute atomic E-state index is 0.138. The highest BCUT2D eigenvalue weighted by molar-refractivity contribution is 5.96. The second-order valence-electron chi connectivity index (χ2n) is 7.42. The van der Waals surface area contributed by atoms with Crippen LogP contribution in [-0.2, 0) is 22.7 Å². The molecule has 8 nitrogen and oxygen atoms in total. The van der Waals surface area contributed by atoms with Gasteiger partial charge in [0.2, 0.25) is 11.8 Å². The smallest absolute Gasteiger partial charge is 0.229 e. The van der Waals surface area contributed by atoms with Crippen molar-refractivity contribution in [2.45, 2.75) is 25.9 Å². The molecule has 1 fully saturated rings. The van der Waals surface area contributed by atoms with Crippen molar-refractivity contribution in [1.82, 2.24) is 30.4 Å². The number of hydrogen-bond donors (Lipinski definition) is 2. The van der Waals surface area contributed by atoms with Gasteiger partial charge < -0.3 is 10.6 Å². The third-order valence-corrected chi connectivity index (χ3v) is 4.99. The Hall–Kier alpha value is -2.84. The van der Waals surface area contributed by atoms with Crippen LogP contribution in [0.25, 0.3) is 0 Å². The fourth-order valence-corrected chi connectivity index (χ4v) is 3.48. The lowest BCUT2D eigenvalue weighted by Gasteiger charge is -2.26. The Bertz CT molecular complexity index is 721.